The van der Waals surface area contributed by atoms with E-state index in [0.29, 0.717) is 16.6 Å². The molecule has 0 aliphatic carbocycles. The van der Waals surface area contributed by atoms with E-state index in [-0.39, 0.29) is 0 Å². The molecule has 0 spiro atoms. The van der Waals surface area contributed by atoms with E-state index in [1.807, 2.05) is 6.07 Å². The molecule has 0 radical (unpaired) electrons. The Labute approximate surface area is 86.5 Å². The van der Waals surface area contributed by atoms with Crippen LogP contribution in [0.1, 0.15) is 5.89 Å². The molecule has 0 saturated carbocycles. The van der Waals surface area contributed by atoms with Crippen LogP contribution in [-0.2, 0) is 0 Å². The summed E-state index contributed by atoms with van der Waals surface area (Å²) < 4.78 is 5.10. The van der Waals surface area contributed by atoms with E-state index < -0.39 is 0 Å². The van der Waals surface area contributed by atoms with Gasteiger partial charge < -0.3 is 10.2 Å². The number of aryl methyl sites for hydroxylation is 1. The SMILES string of the molecule is Cc1nc(-c2ccc(Cl)c(N)c2)co1. The molecule has 2 N–H and O–H groups in total. The monoisotopic (exact) mass is 208 g/mol. The van der Waals surface area contributed by atoms with Gasteiger partial charge in [0.05, 0.1) is 10.7 Å². The number of benzene rings is 1. The lowest BCUT2D eigenvalue weighted by Crippen LogP contribution is -1.87. The molecule has 2 rings (SSSR count). The molecule has 0 unspecified atom stereocenters. The third kappa shape index (κ3) is 1.59. The Bertz CT molecular complexity index is 465. The van der Waals surface area contributed by atoms with E-state index in [9.17, 15) is 0 Å². The maximum atomic E-state index is 5.80. The number of halogens is 1. The van der Waals surface area contributed by atoms with Crippen LogP contribution in [0.4, 0.5) is 5.69 Å². The summed E-state index contributed by atoms with van der Waals surface area (Å²) in [6, 6.07) is 5.38. The van der Waals surface area contributed by atoms with Gasteiger partial charge in [0, 0.05) is 12.5 Å². The van der Waals surface area contributed by atoms with Crippen LogP contribution in [0.25, 0.3) is 11.3 Å². The van der Waals surface area contributed by atoms with E-state index in [1.165, 1.54) is 0 Å². The molecule has 1 aromatic carbocycles. The van der Waals surface area contributed by atoms with Crippen molar-refractivity contribution in [1.82, 2.24) is 4.98 Å². The van der Waals surface area contributed by atoms with Gasteiger partial charge >= 0.3 is 0 Å². The second-order valence-electron chi connectivity index (χ2n) is 2.99. The van der Waals surface area contributed by atoms with E-state index in [1.54, 1.807) is 25.3 Å². The average Bonchev–Trinajstić information content (AvgIpc) is 2.57. The van der Waals surface area contributed by atoms with Crippen molar-refractivity contribution in [2.24, 2.45) is 0 Å². The first-order chi connectivity index (χ1) is 6.66. The Hall–Kier alpha value is -1.48. The smallest absolute Gasteiger partial charge is 0.191 e. The molecule has 0 fully saturated rings. The summed E-state index contributed by atoms with van der Waals surface area (Å²) in [4.78, 5) is 4.19. The fourth-order valence-electron chi connectivity index (χ4n) is 1.20. The number of anilines is 1. The maximum absolute atomic E-state index is 5.80. The fraction of sp³-hybridized carbons (Fsp3) is 0.100. The number of nitrogens with zero attached hydrogens (tertiary/aromatic N) is 1. The average molecular weight is 209 g/mol. The van der Waals surface area contributed by atoms with Crippen LogP contribution in [0, 0.1) is 6.92 Å². The molecular weight excluding hydrogens is 200 g/mol. The summed E-state index contributed by atoms with van der Waals surface area (Å²) in [6.07, 6.45) is 1.60. The molecule has 0 saturated heterocycles. The van der Waals surface area contributed by atoms with E-state index in [0.717, 1.165) is 11.3 Å². The highest BCUT2D eigenvalue weighted by Gasteiger charge is 2.04. The minimum Gasteiger partial charge on any atom is -0.449 e. The topological polar surface area (TPSA) is 52.0 Å². The van der Waals surface area contributed by atoms with Crippen molar-refractivity contribution in [2.45, 2.75) is 6.92 Å². The van der Waals surface area contributed by atoms with Gasteiger partial charge in [0.1, 0.15) is 12.0 Å². The summed E-state index contributed by atoms with van der Waals surface area (Å²) >= 11 is 5.80. The highest BCUT2D eigenvalue weighted by Crippen LogP contribution is 2.25. The Morgan fingerprint density at radius 1 is 1.43 bits per heavy atom. The number of hydrogen-bond donors (Lipinski definition) is 1. The van der Waals surface area contributed by atoms with Crippen LogP contribution < -0.4 is 5.73 Å². The predicted octanol–water partition coefficient (Wildman–Crippen LogP) is 2.89. The van der Waals surface area contributed by atoms with Crippen LogP contribution in [0.15, 0.2) is 28.9 Å². The number of aromatic nitrogens is 1. The van der Waals surface area contributed by atoms with Gasteiger partial charge in [-0.05, 0) is 12.1 Å². The van der Waals surface area contributed by atoms with E-state index in [2.05, 4.69) is 4.98 Å². The molecule has 1 heterocycles. The zero-order valence-corrected chi connectivity index (χ0v) is 8.38. The number of nitrogens with two attached hydrogens (primary N) is 1. The summed E-state index contributed by atoms with van der Waals surface area (Å²) in [5.41, 5.74) is 7.90. The van der Waals surface area contributed by atoms with Crippen molar-refractivity contribution in [3.05, 3.63) is 35.4 Å². The van der Waals surface area contributed by atoms with Crippen LogP contribution >= 0.6 is 11.6 Å². The van der Waals surface area contributed by atoms with Crippen molar-refractivity contribution < 1.29 is 4.42 Å². The Morgan fingerprint density at radius 2 is 2.21 bits per heavy atom. The largest absolute Gasteiger partial charge is 0.449 e. The standard InChI is InChI=1S/C10H9ClN2O/c1-6-13-10(5-14-6)7-2-3-8(11)9(12)4-7/h2-5H,12H2,1H3. The summed E-state index contributed by atoms with van der Waals surface area (Å²) in [6.45, 7) is 1.79. The molecule has 0 amide bonds. The normalized spacial score (nSPS) is 10.4. The van der Waals surface area contributed by atoms with Crippen molar-refractivity contribution in [3.8, 4) is 11.3 Å². The van der Waals surface area contributed by atoms with Gasteiger partial charge in [0.2, 0.25) is 0 Å². The predicted molar refractivity (Wildman–Crippen MR) is 56.1 cm³/mol. The molecule has 0 aliphatic rings. The first-order valence-corrected chi connectivity index (χ1v) is 4.52. The Morgan fingerprint density at radius 3 is 2.79 bits per heavy atom. The second kappa shape index (κ2) is 3.35. The molecule has 0 atom stereocenters. The fourth-order valence-corrected chi connectivity index (χ4v) is 1.32. The molecule has 1 aromatic heterocycles. The van der Waals surface area contributed by atoms with Gasteiger partial charge in [0.15, 0.2) is 5.89 Å². The molecular formula is C10H9ClN2O. The van der Waals surface area contributed by atoms with Gasteiger partial charge in [-0.2, -0.15) is 0 Å². The number of oxazole rings is 1. The summed E-state index contributed by atoms with van der Waals surface area (Å²) in [7, 11) is 0. The number of rotatable bonds is 1. The minimum absolute atomic E-state index is 0.546. The van der Waals surface area contributed by atoms with Crippen LogP contribution in [0.2, 0.25) is 5.02 Å². The molecule has 72 valence electrons. The van der Waals surface area contributed by atoms with E-state index >= 15 is 0 Å². The van der Waals surface area contributed by atoms with Gasteiger partial charge in [-0.1, -0.05) is 17.7 Å². The molecule has 14 heavy (non-hydrogen) atoms. The van der Waals surface area contributed by atoms with Gasteiger partial charge in [-0.3, -0.25) is 0 Å². The number of hydrogen-bond acceptors (Lipinski definition) is 3. The maximum Gasteiger partial charge on any atom is 0.191 e. The van der Waals surface area contributed by atoms with Crippen LogP contribution in [-0.4, -0.2) is 4.98 Å². The quantitative estimate of drug-likeness (QED) is 0.734. The first-order valence-electron chi connectivity index (χ1n) is 4.14. The molecule has 2 aromatic rings. The van der Waals surface area contributed by atoms with Gasteiger partial charge in [0.25, 0.3) is 0 Å². The Kier molecular flexibility index (Phi) is 2.17. The van der Waals surface area contributed by atoms with Gasteiger partial charge in [-0.15, -0.1) is 0 Å². The minimum atomic E-state index is 0.546. The Balaban J connectivity index is 2.47. The van der Waals surface area contributed by atoms with Crippen molar-refractivity contribution >= 4 is 17.3 Å². The van der Waals surface area contributed by atoms with Crippen molar-refractivity contribution in [1.29, 1.82) is 0 Å². The third-order valence-electron chi connectivity index (χ3n) is 1.91. The summed E-state index contributed by atoms with van der Waals surface area (Å²) in [5, 5.41) is 0.550. The van der Waals surface area contributed by atoms with Crippen LogP contribution in [0.5, 0.6) is 0 Å². The van der Waals surface area contributed by atoms with Crippen molar-refractivity contribution in [3.63, 3.8) is 0 Å². The summed E-state index contributed by atoms with van der Waals surface area (Å²) in [5.74, 6) is 0.633. The number of nitrogen functional groups attached to an aromatic ring is 1. The zero-order valence-electron chi connectivity index (χ0n) is 7.62. The van der Waals surface area contributed by atoms with Crippen LogP contribution in [0.3, 0.4) is 0 Å². The zero-order chi connectivity index (χ0) is 10.1. The lowest BCUT2D eigenvalue weighted by molar-refractivity contribution is 0.521. The molecule has 0 aliphatic heterocycles. The highest BCUT2D eigenvalue weighted by atomic mass is 35.5. The highest BCUT2D eigenvalue weighted by molar-refractivity contribution is 6.33. The molecule has 4 heteroatoms. The second-order valence-corrected chi connectivity index (χ2v) is 3.40. The van der Waals surface area contributed by atoms with Gasteiger partial charge in [-0.25, -0.2) is 4.98 Å². The lowest BCUT2D eigenvalue weighted by Gasteiger charge is -1.99. The third-order valence-corrected chi connectivity index (χ3v) is 2.25. The lowest BCUT2D eigenvalue weighted by atomic mass is 10.1. The van der Waals surface area contributed by atoms with E-state index in [4.69, 9.17) is 21.8 Å². The molecule has 0 bridgehead atoms. The molecule has 3 nitrogen and oxygen atoms in total. The first kappa shape index (κ1) is 9.09. The van der Waals surface area contributed by atoms with Crippen molar-refractivity contribution in [2.75, 3.05) is 5.73 Å².